The molecule has 2 aliphatic rings. The second-order valence-corrected chi connectivity index (χ2v) is 10.3. The van der Waals surface area contributed by atoms with Crippen LogP contribution in [-0.2, 0) is 0 Å². The highest BCUT2D eigenvalue weighted by Gasteiger charge is 2.27. The topological polar surface area (TPSA) is 0 Å². The molecule has 2 aliphatic carbocycles. The summed E-state index contributed by atoms with van der Waals surface area (Å²) < 4.78 is 0. The van der Waals surface area contributed by atoms with Crippen LogP contribution in [0.1, 0.15) is 149 Å². The van der Waals surface area contributed by atoms with E-state index in [2.05, 4.69) is 13.8 Å². The average molecular weight is 377 g/mol. The molecule has 160 valence electrons. The van der Waals surface area contributed by atoms with Gasteiger partial charge in [-0.3, -0.25) is 0 Å². The van der Waals surface area contributed by atoms with Gasteiger partial charge in [0.25, 0.3) is 0 Å². The van der Waals surface area contributed by atoms with Gasteiger partial charge in [-0.05, 0) is 36.5 Å². The fraction of sp³-hybridized carbons (Fsp3) is 1.00. The third-order valence-corrected chi connectivity index (χ3v) is 8.08. The first-order valence-electron chi connectivity index (χ1n) is 13.3. The minimum Gasteiger partial charge on any atom is -0.0654 e. The molecular formula is C27H52. The van der Waals surface area contributed by atoms with Crippen molar-refractivity contribution in [3.05, 3.63) is 0 Å². The Labute approximate surface area is 172 Å². The summed E-state index contributed by atoms with van der Waals surface area (Å²) in [4.78, 5) is 0. The Morgan fingerprint density at radius 1 is 0.407 bits per heavy atom. The molecule has 0 bridgehead atoms. The largest absolute Gasteiger partial charge is 0.0654 e. The van der Waals surface area contributed by atoms with Gasteiger partial charge in [-0.15, -0.1) is 0 Å². The molecule has 0 nitrogen and oxygen atoms in total. The van der Waals surface area contributed by atoms with Crippen molar-refractivity contribution < 1.29 is 0 Å². The summed E-state index contributed by atoms with van der Waals surface area (Å²) in [7, 11) is 0. The van der Waals surface area contributed by atoms with Gasteiger partial charge in [0, 0.05) is 0 Å². The average Bonchev–Trinajstić information content (AvgIpc) is 2.69. The lowest BCUT2D eigenvalue weighted by atomic mass is 9.71. The van der Waals surface area contributed by atoms with Crippen molar-refractivity contribution in [1.29, 1.82) is 0 Å². The van der Waals surface area contributed by atoms with Gasteiger partial charge in [0.15, 0.2) is 0 Å². The molecule has 0 aromatic rings. The zero-order chi connectivity index (χ0) is 19.2. The standard InChI is InChI=1S/C27H52/c1-3-14-24-16-11-9-7-5-6-8-10-12-18-26(19-13-17-24)27-22-20-25(15-4-2)21-23-27/h24-27H,3-23H2,1-2H3. The van der Waals surface area contributed by atoms with Gasteiger partial charge in [-0.25, -0.2) is 0 Å². The van der Waals surface area contributed by atoms with Crippen LogP contribution in [0.2, 0.25) is 0 Å². The molecule has 0 N–H and O–H groups in total. The fourth-order valence-electron chi connectivity index (χ4n) is 6.38. The first-order valence-corrected chi connectivity index (χ1v) is 13.3. The van der Waals surface area contributed by atoms with E-state index >= 15 is 0 Å². The summed E-state index contributed by atoms with van der Waals surface area (Å²) in [5, 5.41) is 0. The van der Waals surface area contributed by atoms with Crippen LogP contribution in [0.3, 0.4) is 0 Å². The summed E-state index contributed by atoms with van der Waals surface area (Å²) in [5.41, 5.74) is 0. The molecule has 27 heavy (non-hydrogen) atoms. The number of rotatable bonds is 5. The van der Waals surface area contributed by atoms with Crippen LogP contribution in [-0.4, -0.2) is 0 Å². The van der Waals surface area contributed by atoms with E-state index in [0.717, 1.165) is 23.7 Å². The van der Waals surface area contributed by atoms with Gasteiger partial charge in [0.2, 0.25) is 0 Å². The van der Waals surface area contributed by atoms with Gasteiger partial charge in [-0.2, -0.15) is 0 Å². The molecule has 2 saturated carbocycles. The van der Waals surface area contributed by atoms with E-state index in [4.69, 9.17) is 0 Å². The van der Waals surface area contributed by atoms with Crippen molar-refractivity contribution in [2.24, 2.45) is 23.7 Å². The Morgan fingerprint density at radius 3 is 1.41 bits per heavy atom. The molecule has 2 rings (SSSR count). The monoisotopic (exact) mass is 376 g/mol. The van der Waals surface area contributed by atoms with E-state index in [1.807, 2.05) is 0 Å². The number of hydrogen-bond donors (Lipinski definition) is 0. The Bertz CT molecular complexity index is 325. The van der Waals surface area contributed by atoms with E-state index in [1.165, 1.54) is 96.3 Å². The van der Waals surface area contributed by atoms with Crippen LogP contribution in [0.25, 0.3) is 0 Å². The SMILES string of the molecule is CCCC1CCCCCCCCCCC(C2CCC(CCC)CC2)CCC1. The van der Waals surface area contributed by atoms with E-state index < -0.39 is 0 Å². The van der Waals surface area contributed by atoms with E-state index in [9.17, 15) is 0 Å². The first kappa shape index (κ1) is 23.3. The second kappa shape index (κ2) is 14.9. The molecule has 0 radical (unpaired) electrons. The van der Waals surface area contributed by atoms with Crippen LogP contribution in [0, 0.1) is 23.7 Å². The zero-order valence-electron chi connectivity index (χ0n) is 19.2. The predicted molar refractivity (Wildman–Crippen MR) is 122 cm³/mol. The Morgan fingerprint density at radius 2 is 0.815 bits per heavy atom. The third-order valence-electron chi connectivity index (χ3n) is 8.08. The highest BCUT2D eigenvalue weighted by atomic mass is 14.3. The minimum absolute atomic E-state index is 1.04. The Kier molecular flexibility index (Phi) is 12.9. The molecular weight excluding hydrogens is 324 g/mol. The molecule has 0 saturated heterocycles. The quantitative estimate of drug-likeness (QED) is 0.448. The Balaban J connectivity index is 1.83. The molecule has 0 heteroatoms. The molecule has 2 fully saturated rings. The molecule has 0 heterocycles. The van der Waals surface area contributed by atoms with Crippen molar-refractivity contribution in [2.75, 3.05) is 0 Å². The summed E-state index contributed by atoms with van der Waals surface area (Å²) in [5.74, 6) is 4.27. The van der Waals surface area contributed by atoms with Crippen LogP contribution < -0.4 is 0 Å². The maximum absolute atomic E-state index is 2.40. The normalized spacial score (nSPS) is 33.1. The van der Waals surface area contributed by atoms with Gasteiger partial charge in [-0.1, -0.05) is 136 Å². The Hall–Kier alpha value is 0. The molecule has 0 aliphatic heterocycles. The predicted octanol–water partition coefficient (Wildman–Crippen LogP) is 9.71. The second-order valence-electron chi connectivity index (χ2n) is 10.3. The lowest BCUT2D eigenvalue weighted by Crippen LogP contribution is -2.22. The lowest BCUT2D eigenvalue weighted by Gasteiger charge is -2.34. The smallest absolute Gasteiger partial charge is 0.0386 e. The summed E-state index contributed by atoms with van der Waals surface area (Å²) in [6, 6.07) is 0. The molecule has 0 aromatic heterocycles. The number of hydrogen-bond acceptors (Lipinski definition) is 0. The van der Waals surface area contributed by atoms with Gasteiger partial charge >= 0.3 is 0 Å². The summed E-state index contributed by atoms with van der Waals surface area (Å²) in [6.07, 6.45) is 31.8. The maximum atomic E-state index is 2.40. The van der Waals surface area contributed by atoms with Crippen molar-refractivity contribution in [1.82, 2.24) is 0 Å². The maximum Gasteiger partial charge on any atom is -0.0386 e. The molecule has 0 amide bonds. The van der Waals surface area contributed by atoms with E-state index in [0.29, 0.717) is 0 Å². The molecule has 0 aromatic carbocycles. The molecule has 0 spiro atoms. The van der Waals surface area contributed by atoms with Crippen molar-refractivity contribution in [3.63, 3.8) is 0 Å². The fourth-order valence-corrected chi connectivity index (χ4v) is 6.38. The highest BCUT2D eigenvalue weighted by molar-refractivity contribution is 4.78. The van der Waals surface area contributed by atoms with Crippen LogP contribution in [0.4, 0.5) is 0 Å². The van der Waals surface area contributed by atoms with Crippen molar-refractivity contribution in [3.8, 4) is 0 Å². The van der Waals surface area contributed by atoms with Crippen LogP contribution in [0.5, 0.6) is 0 Å². The van der Waals surface area contributed by atoms with Crippen molar-refractivity contribution >= 4 is 0 Å². The van der Waals surface area contributed by atoms with Crippen LogP contribution in [0.15, 0.2) is 0 Å². The van der Waals surface area contributed by atoms with Gasteiger partial charge < -0.3 is 0 Å². The first-order chi connectivity index (χ1) is 13.3. The lowest BCUT2D eigenvalue weighted by molar-refractivity contribution is 0.174. The van der Waals surface area contributed by atoms with Gasteiger partial charge in [0.1, 0.15) is 0 Å². The zero-order valence-corrected chi connectivity index (χ0v) is 19.2. The minimum atomic E-state index is 1.04. The van der Waals surface area contributed by atoms with Crippen molar-refractivity contribution in [2.45, 2.75) is 149 Å². The summed E-state index contributed by atoms with van der Waals surface area (Å²) >= 11 is 0. The van der Waals surface area contributed by atoms with E-state index in [1.54, 1.807) is 38.5 Å². The van der Waals surface area contributed by atoms with E-state index in [-0.39, 0.29) is 0 Å². The third kappa shape index (κ3) is 9.85. The van der Waals surface area contributed by atoms with Gasteiger partial charge in [0.05, 0.1) is 0 Å². The summed E-state index contributed by atoms with van der Waals surface area (Å²) in [6.45, 7) is 4.77. The van der Waals surface area contributed by atoms with Crippen LogP contribution >= 0.6 is 0 Å². The molecule has 2 atom stereocenters. The molecule has 2 unspecified atom stereocenters. The highest BCUT2D eigenvalue weighted by Crippen LogP contribution is 2.39.